The van der Waals surface area contributed by atoms with Gasteiger partial charge in [-0.05, 0) is 11.1 Å². The number of hydrogen-bond donors (Lipinski definition) is 1. The van der Waals surface area contributed by atoms with E-state index in [0.717, 1.165) is 5.56 Å². The number of ether oxygens (including phenoxy) is 1. The average Bonchev–Trinajstić information content (AvgIpc) is 2.29. The van der Waals surface area contributed by atoms with E-state index >= 15 is 0 Å². The summed E-state index contributed by atoms with van der Waals surface area (Å²) >= 11 is 0. The Hall–Kier alpha value is -1.61. The van der Waals surface area contributed by atoms with E-state index in [1.54, 1.807) is 0 Å². The lowest BCUT2D eigenvalue weighted by molar-refractivity contribution is -0.150. The van der Waals surface area contributed by atoms with Gasteiger partial charge in [-0.3, -0.25) is 0 Å². The molecule has 0 bridgehead atoms. The Morgan fingerprint density at radius 2 is 2.07 bits per heavy atom. The van der Waals surface area contributed by atoms with Gasteiger partial charge in [0.05, 0.1) is 7.11 Å². The first-order chi connectivity index (χ1) is 7.15. The van der Waals surface area contributed by atoms with E-state index < -0.39 is 12.1 Å². The summed E-state index contributed by atoms with van der Waals surface area (Å²) in [7, 11) is 1.25. The average molecular weight is 206 g/mol. The van der Waals surface area contributed by atoms with Crippen LogP contribution in [0.1, 0.15) is 12.0 Å². The summed E-state index contributed by atoms with van der Waals surface area (Å²) in [6.45, 7) is 3.81. The third-order valence-electron chi connectivity index (χ3n) is 2.10. The molecule has 0 spiro atoms. The van der Waals surface area contributed by atoms with Crippen molar-refractivity contribution in [1.82, 2.24) is 0 Å². The SMILES string of the molecule is C=C(CC(O)C(=O)OC)c1ccccc1. The van der Waals surface area contributed by atoms with Crippen molar-refractivity contribution in [3.63, 3.8) is 0 Å². The van der Waals surface area contributed by atoms with Crippen molar-refractivity contribution in [2.45, 2.75) is 12.5 Å². The fourth-order valence-corrected chi connectivity index (χ4v) is 1.24. The zero-order valence-electron chi connectivity index (χ0n) is 8.64. The van der Waals surface area contributed by atoms with E-state index in [1.165, 1.54) is 7.11 Å². The number of aliphatic hydroxyl groups excluding tert-OH is 1. The van der Waals surface area contributed by atoms with Crippen molar-refractivity contribution >= 4 is 11.5 Å². The number of carbonyl (C=O) groups is 1. The second kappa shape index (κ2) is 5.32. The zero-order valence-corrected chi connectivity index (χ0v) is 8.64. The Labute approximate surface area is 89.0 Å². The molecule has 3 nitrogen and oxygen atoms in total. The molecule has 0 saturated carbocycles. The summed E-state index contributed by atoms with van der Waals surface area (Å²) in [5.74, 6) is -0.632. The summed E-state index contributed by atoms with van der Waals surface area (Å²) in [6, 6.07) is 9.42. The molecule has 1 atom stereocenters. The number of esters is 1. The maximum Gasteiger partial charge on any atom is 0.335 e. The molecule has 0 aliphatic rings. The molecule has 1 unspecified atom stereocenters. The fourth-order valence-electron chi connectivity index (χ4n) is 1.24. The second-order valence-corrected chi connectivity index (χ2v) is 3.21. The van der Waals surface area contributed by atoms with Gasteiger partial charge in [0.2, 0.25) is 0 Å². The van der Waals surface area contributed by atoms with Gasteiger partial charge in [0.15, 0.2) is 6.10 Å². The predicted molar refractivity (Wildman–Crippen MR) is 58.1 cm³/mol. The largest absolute Gasteiger partial charge is 0.467 e. The van der Waals surface area contributed by atoms with Gasteiger partial charge in [0, 0.05) is 6.42 Å². The molecule has 0 amide bonds. The lowest BCUT2D eigenvalue weighted by atomic mass is 10.0. The Morgan fingerprint density at radius 3 is 2.60 bits per heavy atom. The molecule has 1 aromatic rings. The lowest BCUT2D eigenvalue weighted by Crippen LogP contribution is -2.21. The summed E-state index contributed by atoms with van der Waals surface area (Å²) in [5.41, 5.74) is 1.63. The highest BCUT2D eigenvalue weighted by molar-refractivity contribution is 5.77. The minimum absolute atomic E-state index is 0.191. The van der Waals surface area contributed by atoms with Crippen LogP contribution in [0.3, 0.4) is 0 Å². The maximum atomic E-state index is 11.0. The number of aliphatic hydroxyl groups is 1. The molecule has 15 heavy (non-hydrogen) atoms. The molecular formula is C12H14O3. The molecule has 1 aromatic carbocycles. The van der Waals surface area contributed by atoms with Crippen molar-refractivity contribution in [3.05, 3.63) is 42.5 Å². The molecule has 0 aliphatic carbocycles. The molecule has 0 heterocycles. The van der Waals surface area contributed by atoms with E-state index in [4.69, 9.17) is 0 Å². The monoisotopic (exact) mass is 206 g/mol. The van der Waals surface area contributed by atoms with Gasteiger partial charge in [0.1, 0.15) is 0 Å². The molecule has 0 saturated heterocycles. The van der Waals surface area contributed by atoms with Crippen molar-refractivity contribution in [2.75, 3.05) is 7.11 Å². The van der Waals surface area contributed by atoms with Crippen LogP contribution in [-0.2, 0) is 9.53 Å². The summed E-state index contributed by atoms with van der Waals surface area (Å²) < 4.78 is 4.42. The standard InChI is InChI=1S/C12H14O3/c1-9(8-11(13)12(14)15-2)10-6-4-3-5-7-10/h3-7,11,13H,1,8H2,2H3. The third kappa shape index (κ3) is 3.22. The highest BCUT2D eigenvalue weighted by atomic mass is 16.5. The summed E-state index contributed by atoms with van der Waals surface area (Å²) in [5, 5.41) is 9.41. The molecular weight excluding hydrogens is 192 g/mol. The van der Waals surface area contributed by atoms with E-state index in [2.05, 4.69) is 11.3 Å². The van der Waals surface area contributed by atoms with Crippen LogP contribution in [0.15, 0.2) is 36.9 Å². The van der Waals surface area contributed by atoms with E-state index in [9.17, 15) is 9.90 Å². The van der Waals surface area contributed by atoms with Gasteiger partial charge >= 0.3 is 5.97 Å². The first-order valence-corrected chi connectivity index (χ1v) is 4.64. The number of benzene rings is 1. The van der Waals surface area contributed by atoms with Crippen LogP contribution in [0.5, 0.6) is 0 Å². The fraction of sp³-hybridized carbons (Fsp3) is 0.250. The van der Waals surface area contributed by atoms with Gasteiger partial charge in [0.25, 0.3) is 0 Å². The first kappa shape index (κ1) is 11.5. The quantitative estimate of drug-likeness (QED) is 0.761. The van der Waals surface area contributed by atoms with Crippen LogP contribution in [0.2, 0.25) is 0 Å². The minimum atomic E-state index is -1.14. The zero-order chi connectivity index (χ0) is 11.3. The van der Waals surface area contributed by atoms with Crippen molar-refractivity contribution < 1.29 is 14.6 Å². The Morgan fingerprint density at radius 1 is 1.47 bits per heavy atom. The number of methoxy groups -OCH3 is 1. The molecule has 1 rings (SSSR count). The van der Waals surface area contributed by atoms with Crippen LogP contribution < -0.4 is 0 Å². The van der Waals surface area contributed by atoms with Gasteiger partial charge in [-0.15, -0.1) is 0 Å². The highest BCUT2D eigenvalue weighted by Gasteiger charge is 2.16. The molecule has 1 N–H and O–H groups in total. The van der Waals surface area contributed by atoms with Crippen LogP contribution in [-0.4, -0.2) is 24.3 Å². The third-order valence-corrected chi connectivity index (χ3v) is 2.10. The predicted octanol–water partition coefficient (Wildman–Crippen LogP) is 1.62. The summed E-state index contributed by atoms with van der Waals surface area (Å²) in [6.07, 6.45) is -0.945. The molecule has 0 radical (unpaired) electrons. The van der Waals surface area contributed by atoms with Gasteiger partial charge in [-0.2, -0.15) is 0 Å². The van der Waals surface area contributed by atoms with Gasteiger partial charge in [-0.25, -0.2) is 4.79 Å². The normalized spacial score (nSPS) is 11.9. The van der Waals surface area contributed by atoms with Crippen LogP contribution in [0, 0.1) is 0 Å². The van der Waals surface area contributed by atoms with Crippen LogP contribution in [0.4, 0.5) is 0 Å². The van der Waals surface area contributed by atoms with Gasteiger partial charge < -0.3 is 9.84 Å². The number of rotatable bonds is 4. The maximum absolute atomic E-state index is 11.0. The smallest absolute Gasteiger partial charge is 0.335 e. The Balaban J connectivity index is 2.61. The summed E-state index contributed by atoms with van der Waals surface area (Å²) in [4.78, 5) is 11.0. The van der Waals surface area contributed by atoms with Gasteiger partial charge in [-0.1, -0.05) is 36.9 Å². The number of carbonyl (C=O) groups excluding carboxylic acids is 1. The van der Waals surface area contributed by atoms with Crippen LogP contribution in [0.25, 0.3) is 5.57 Å². The van der Waals surface area contributed by atoms with Crippen molar-refractivity contribution in [1.29, 1.82) is 0 Å². The second-order valence-electron chi connectivity index (χ2n) is 3.21. The van der Waals surface area contributed by atoms with Crippen molar-refractivity contribution in [2.24, 2.45) is 0 Å². The minimum Gasteiger partial charge on any atom is -0.467 e. The highest BCUT2D eigenvalue weighted by Crippen LogP contribution is 2.17. The van der Waals surface area contributed by atoms with E-state index in [1.807, 2.05) is 30.3 Å². The Bertz CT molecular complexity index is 343. The first-order valence-electron chi connectivity index (χ1n) is 4.64. The molecule has 80 valence electrons. The van der Waals surface area contributed by atoms with Crippen molar-refractivity contribution in [3.8, 4) is 0 Å². The molecule has 0 fully saturated rings. The topological polar surface area (TPSA) is 46.5 Å². The molecule has 0 aliphatic heterocycles. The lowest BCUT2D eigenvalue weighted by Gasteiger charge is -2.10. The Kier molecular flexibility index (Phi) is 4.06. The van der Waals surface area contributed by atoms with E-state index in [-0.39, 0.29) is 6.42 Å². The molecule has 0 aromatic heterocycles. The number of hydrogen-bond acceptors (Lipinski definition) is 3. The van der Waals surface area contributed by atoms with Crippen LogP contribution >= 0.6 is 0 Å². The van der Waals surface area contributed by atoms with E-state index in [0.29, 0.717) is 5.57 Å². The molecule has 3 heteroatoms.